The number of H-pyrrole nitrogens is 1. The second kappa shape index (κ2) is 10.2. The van der Waals surface area contributed by atoms with Crippen LogP contribution < -0.4 is 5.56 Å². The molecule has 3 aliphatic rings. The number of carbonyl (C=O) groups is 2. The number of likely N-dealkylation sites (tertiary alicyclic amines) is 2. The maximum absolute atomic E-state index is 14.8. The van der Waals surface area contributed by atoms with Crippen LogP contribution in [0.1, 0.15) is 42.5 Å². The molecule has 0 bridgehead atoms. The van der Waals surface area contributed by atoms with Crippen molar-refractivity contribution in [2.24, 2.45) is 11.3 Å². The van der Waals surface area contributed by atoms with Crippen molar-refractivity contribution in [1.29, 1.82) is 0 Å². The van der Waals surface area contributed by atoms with Gasteiger partial charge in [-0.1, -0.05) is 18.2 Å². The van der Waals surface area contributed by atoms with Crippen LogP contribution in [0, 0.1) is 11.3 Å². The smallest absolute Gasteiger partial charge is 0.416 e. The van der Waals surface area contributed by atoms with Gasteiger partial charge in [-0.2, -0.15) is 13.2 Å². The van der Waals surface area contributed by atoms with E-state index >= 15 is 0 Å². The summed E-state index contributed by atoms with van der Waals surface area (Å²) in [5, 5.41) is 0. The second-order valence-corrected chi connectivity index (χ2v) is 15.1. The number of carbonyl (C=O) groups excluding carboxylic acids is 2. The summed E-state index contributed by atoms with van der Waals surface area (Å²) in [6, 6.07) is 9.75. The quantitative estimate of drug-likeness (QED) is 0.436. The topological polar surface area (TPSA) is 126 Å². The highest BCUT2D eigenvalue weighted by Gasteiger charge is 2.67. The first-order valence-electron chi connectivity index (χ1n) is 13.9. The summed E-state index contributed by atoms with van der Waals surface area (Å²) < 4.78 is 59.6. The lowest BCUT2D eigenvalue weighted by atomic mass is 9.72. The largest absolute Gasteiger partial charge is 0.443 e. The molecule has 2 amide bonds. The molecule has 3 aromatic rings. The number of ether oxygens (including phenoxy) is 1. The van der Waals surface area contributed by atoms with Crippen LogP contribution in [-0.4, -0.2) is 76.9 Å². The van der Waals surface area contributed by atoms with Crippen molar-refractivity contribution in [3.8, 4) is 11.3 Å². The molecule has 10 nitrogen and oxygen atoms in total. The minimum absolute atomic E-state index is 0.0176. The predicted octanol–water partition coefficient (Wildman–Crippen LogP) is 3.79. The Labute approximate surface area is 251 Å². The van der Waals surface area contributed by atoms with Crippen molar-refractivity contribution in [1.82, 2.24) is 24.8 Å². The molecule has 1 spiro atoms. The molecule has 0 radical (unpaired) electrons. The van der Waals surface area contributed by atoms with E-state index in [2.05, 4.69) is 15.0 Å². The van der Waals surface area contributed by atoms with Gasteiger partial charge in [0.2, 0.25) is 0 Å². The summed E-state index contributed by atoms with van der Waals surface area (Å²) in [5.41, 5.74) is -1.23. The number of nitrogens with one attached hydrogen (secondary N) is 1. The van der Waals surface area contributed by atoms with Crippen LogP contribution in [0.3, 0.4) is 0 Å². The standard InChI is InChI=1S/C30H30F3N5O5S/c1-28(2,3)43-27(41)38-17-29-16-37(25(40)23-11-35-24(39)12-34-23)13-20(29)14-44(42,26(29)38)15-21-5-4-6-22(36-21)18-7-9-19(10-8-18)30(31,32)33/h4-12,20H,13-17H2,1-3H3,(H,35,39). The molecule has 0 aliphatic carbocycles. The zero-order valence-electron chi connectivity index (χ0n) is 24.2. The highest BCUT2D eigenvalue weighted by Crippen LogP contribution is 2.53. The number of hydrogen-bond acceptors (Lipinski definition) is 7. The Morgan fingerprint density at radius 1 is 1.11 bits per heavy atom. The Bertz CT molecular complexity index is 1820. The number of benzene rings is 1. The normalized spacial score (nSPS) is 24.5. The molecule has 3 unspecified atom stereocenters. The Hall–Kier alpha value is -4.20. The van der Waals surface area contributed by atoms with Gasteiger partial charge in [0.25, 0.3) is 11.5 Å². The first-order valence-corrected chi connectivity index (χ1v) is 15.8. The fourth-order valence-electron chi connectivity index (χ4n) is 6.34. The SMILES string of the molecule is CC(C)(C)OC(=O)N1CC23CN(C(=O)c4c[nH]c(=O)cn4)CC2CS(=O)(Cc2cccc(-c4ccc(C(F)(F)F)cc4)n2)=C13. The van der Waals surface area contributed by atoms with Crippen LogP contribution in [0.4, 0.5) is 18.0 Å². The lowest BCUT2D eigenvalue weighted by Crippen LogP contribution is -2.66. The summed E-state index contributed by atoms with van der Waals surface area (Å²) in [6.07, 6.45) is -2.79. The second-order valence-electron chi connectivity index (χ2n) is 12.4. The fourth-order valence-corrected chi connectivity index (χ4v) is 10.0. The number of nitrogens with zero attached hydrogens (tertiary/aromatic N) is 4. The van der Waals surface area contributed by atoms with E-state index in [9.17, 15) is 31.8 Å². The van der Waals surface area contributed by atoms with E-state index in [-0.39, 0.29) is 42.1 Å². The molecule has 232 valence electrons. The minimum atomic E-state index is -4.46. The van der Waals surface area contributed by atoms with Gasteiger partial charge in [-0.25, -0.2) is 9.78 Å². The number of halogens is 3. The molecule has 2 saturated heterocycles. The van der Waals surface area contributed by atoms with Gasteiger partial charge in [0.15, 0.2) is 0 Å². The van der Waals surface area contributed by atoms with E-state index in [0.29, 0.717) is 28.5 Å². The third-order valence-electron chi connectivity index (χ3n) is 8.12. The molecule has 3 aliphatic heterocycles. The molecule has 1 aromatic carbocycles. The predicted molar refractivity (Wildman–Crippen MR) is 156 cm³/mol. The van der Waals surface area contributed by atoms with Crippen LogP contribution >= 0.6 is 0 Å². The van der Waals surface area contributed by atoms with Crippen molar-refractivity contribution in [3.05, 3.63) is 82.2 Å². The van der Waals surface area contributed by atoms with Crippen molar-refractivity contribution < 1.29 is 31.7 Å². The summed E-state index contributed by atoms with van der Waals surface area (Å²) in [7, 11) is -2.88. The lowest BCUT2D eigenvalue weighted by Gasteiger charge is -2.49. The molecular weight excluding hydrogens is 599 g/mol. The number of aromatic amines is 1. The van der Waals surface area contributed by atoms with Crippen LogP contribution in [0.2, 0.25) is 0 Å². The molecule has 6 rings (SSSR count). The van der Waals surface area contributed by atoms with Crippen molar-refractivity contribution in [2.75, 3.05) is 25.4 Å². The minimum Gasteiger partial charge on any atom is -0.443 e. The number of hydrogen-bond donors (Lipinski definition) is 1. The van der Waals surface area contributed by atoms with Gasteiger partial charge in [-0.15, -0.1) is 0 Å². The summed E-state index contributed by atoms with van der Waals surface area (Å²) >= 11 is 0. The van der Waals surface area contributed by atoms with Gasteiger partial charge < -0.3 is 14.6 Å². The van der Waals surface area contributed by atoms with Crippen molar-refractivity contribution in [3.63, 3.8) is 0 Å². The number of amides is 2. The van der Waals surface area contributed by atoms with Gasteiger partial charge in [-0.05, 0) is 45.0 Å². The monoisotopic (exact) mass is 629 g/mol. The zero-order valence-corrected chi connectivity index (χ0v) is 25.0. The highest BCUT2D eigenvalue weighted by atomic mass is 32.2. The van der Waals surface area contributed by atoms with Gasteiger partial charge in [0.05, 0.1) is 39.3 Å². The number of aromatic nitrogens is 3. The Morgan fingerprint density at radius 2 is 1.84 bits per heavy atom. The zero-order chi connectivity index (χ0) is 31.7. The summed E-state index contributed by atoms with van der Waals surface area (Å²) in [4.78, 5) is 52.4. The molecule has 14 heteroatoms. The van der Waals surface area contributed by atoms with Crippen LogP contribution in [-0.2, 0) is 26.2 Å². The maximum atomic E-state index is 14.8. The molecule has 3 atom stereocenters. The van der Waals surface area contributed by atoms with Crippen LogP contribution in [0.15, 0.2) is 59.7 Å². The highest BCUT2D eigenvalue weighted by molar-refractivity contribution is 8.02. The Kier molecular flexibility index (Phi) is 6.91. The molecule has 0 saturated carbocycles. The lowest BCUT2D eigenvalue weighted by molar-refractivity contribution is -0.137. The average Bonchev–Trinajstić information content (AvgIpc) is 3.37. The molecule has 5 heterocycles. The molecular formula is C30H30F3N5O5S. The molecule has 2 aromatic heterocycles. The summed E-state index contributed by atoms with van der Waals surface area (Å²) in [6.45, 7) is 5.97. The molecule has 2 fully saturated rings. The Balaban J connectivity index is 1.33. The fraction of sp³-hybridized carbons (Fsp3) is 0.400. The van der Waals surface area contributed by atoms with E-state index < -0.39 is 43.9 Å². The molecule has 1 N–H and O–H groups in total. The average molecular weight is 630 g/mol. The number of alkyl halides is 3. The van der Waals surface area contributed by atoms with E-state index in [1.807, 2.05) is 0 Å². The van der Waals surface area contributed by atoms with Crippen LogP contribution in [0.25, 0.3) is 11.3 Å². The van der Waals surface area contributed by atoms with E-state index in [1.165, 1.54) is 23.2 Å². The van der Waals surface area contributed by atoms with Gasteiger partial charge in [-0.3, -0.25) is 23.7 Å². The third kappa shape index (κ3) is 5.24. The number of pyridine rings is 1. The van der Waals surface area contributed by atoms with Crippen molar-refractivity contribution in [2.45, 2.75) is 38.3 Å². The first-order chi connectivity index (χ1) is 20.6. The van der Waals surface area contributed by atoms with Crippen molar-refractivity contribution >= 4 is 26.5 Å². The first kappa shape index (κ1) is 29.9. The van der Waals surface area contributed by atoms with Gasteiger partial charge >= 0.3 is 12.3 Å². The van der Waals surface area contributed by atoms with E-state index in [0.717, 1.165) is 18.3 Å². The number of rotatable bonds is 4. The van der Waals surface area contributed by atoms with Gasteiger partial charge in [0, 0.05) is 52.6 Å². The summed E-state index contributed by atoms with van der Waals surface area (Å²) in [5.74, 6) is -0.341. The molecule has 44 heavy (non-hydrogen) atoms. The van der Waals surface area contributed by atoms with E-state index in [1.54, 1.807) is 43.9 Å². The Morgan fingerprint density at radius 3 is 2.48 bits per heavy atom. The maximum Gasteiger partial charge on any atom is 0.416 e. The van der Waals surface area contributed by atoms with E-state index in [4.69, 9.17) is 4.74 Å². The third-order valence-corrected chi connectivity index (χ3v) is 11.2. The van der Waals surface area contributed by atoms with Crippen LogP contribution in [0.5, 0.6) is 0 Å². The van der Waals surface area contributed by atoms with Gasteiger partial charge in [0.1, 0.15) is 11.3 Å².